The Morgan fingerprint density at radius 3 is 2.56 bits per heavy atom. The monoisotopic (exact) mass is 312 g/mol. The quantitative estimate of drug-likeness (QED) is 0.865. The molecular formula is C15H25BrN2. The molecular weight excluding hydrogens is 288 g/mol. The van der Waals surface area contributed by atoms with Crippen LogP contribution in [0, 0.1) is 5.41 Å². The van der Waals surface area contributed by atoms with Gasteiger partial charge in [-0.1, -0.05) is 48.8 Å². The summed E-state index contributed by atoms with van der Waals surface area (Å²) in [4.78, 5) is 2.48. The van der Waals surface area contributed by atoms with Crippen molar-refractivity contribution in [2.75, 3.05) is 19.6 Å². The van der Waals surface area contributed by atoms with Crippen molar-refractivity contribution in [3.8, 4) is 0 Å². The van der Waals surface area contributed by atoms with Crippen molar-refractivity contribution < 1.29 is 0 Å². The van der Waals surface area contributed by atoms with E-state index < -0.39 is 0 Å². The van der Waals surface area contributed by atoms with Crippen molar-refractivity contribution in [3.05, 3.63) is 34.3 Å². The molecule has 18 heavy (non-hydrogen) atoms. The fourth-order valence-electron chi connectivity index (χ4n) is 2.11. The molecule has 0 saturated heterocycles. The minimum absolute atomic E-state index is 0.163. The topological polar surface area (TPSA) is 29.3 Å². The van der Waals surface area contributed by atoms with Crippen LogP contribution in [0.15, 0.2) is 28.7 Å². The number of nitrogens with zero attached hydrogens (tertiary/aromatic N) is 1. The average molecular weight is 313 g/mol. The number of nitrogens with two attached hydrogens (primary N) is 1. The van der Waals surface area contributed by atoms with E-state index in [1.54, 1.807) is 0 Å². The molecule has 0 aliphatic rings. The van der Waals surface area contributed by atoms with Crippen LogP contribution in [0.25, 0.3) is 0 Å². The zero-order valence-electron chi connectivity index (χ0n) is 11.9. The van der Waals surface area contributed by atoms with Crippen LogP contribution in [0.3, 0.4) is 0 Å². The Labute approximate surface area is 120 Å². The van der Waals surface area contributed by atoms with Gasteiger partial charge in [0.25, 0.3) is 0 Å². The lowest BCUT2D eigenvalue weighted by molar-refractivity contribution is 0.148. The van der Waals surface area contributed by atoms with E-state index in [-0.39, 0.29) is 5.41 Å². The summed E-state index contributed by atoms with van der Waals surface area (Å²) in [5, 5.41) is 0. The van der Waals surface area contributed by atoms with E-state index in [9.17, 15) is 0 Å². The number of halogens is 1. The van der Waals surface area contributed by atoms with Crippen LogP contribution in [-0.2, 0) is 0 Å². The van der Waals surface area contributed by atoms with Crippen LogP contribution < -0.4 is 5.73 Å². The summed E-state index contributed by atoms with van der Waals surface area (Å²) < 4.78 is 1.14. The van der Waals surface area contributed by atoms with Gasteiger partial charge in [-0.2, -0.15) is 0 Å². The minimum atomic E-state index is 0.163. The molecule has 102 valence electrons. The Balaban J connectivity index is 2.82. The number of hydrogen-bond donors (Lipinski definition) is 1. The zero-order chi connectivity index (χ0) is 13.8. The number of rotatable bonds is 6. The second-order valence-electron chi connectivity index (χ2n) is 5.66. The number of hydrogen-bond acceptors (Lipinski definition) is 2. The van der Waals surface area contributed by atoms with Crippen molar-refractivity contribution in [2.45, 2.75) is 33.7 Å². The molecule has 0 spiro atoms. The van der Waals surface area contributed by atoms with Crippen molar-refractivity contribution in [2.24, 2.45) is 11.1 Å². The van der Waals surface area contributed by atoms with Crippen LogP contribution in [0.4, 0.5) is 0 Å². The summed E-state index contributed by atoms with van der Waals surface area (Å²) in [6.07, 6.45) is 0. The lowest BCUT2D eigenvalue weighted by atomic mass is 9.92. The molecule has 0 bridgehead atoms. The fourth-order valence-corrected chi connectivity index (χ4v) is 2.53. The lowest BCUT2D eigenvalue weighted by Crippen LogP contribution is -2.39. The van der Waals surface area contributed by atoms with Gasteiger partial charge in [-0.3, -0.25) is 4.90 Å². The smallest absolute Gasteiger partial charge is 0.0320 e. The van der Waals surface area contributed by atoms with E-state index in [0.29, 0.717) is 12.6 Å². The van der Waals surface area contributed by atoms with Gasteiger partial charge in [-0.25, -0.2) is 0 Å². The largest absolute Gasteiger partial charge is 0.330 e. The first-order chi connectivity index (χ1) is 8.39. The van der Waals surface area contributed by atoms with Crippen molar-refractivity contribution in [1.82, 2.24) is 4.90 Å². The molecule has 0 aromatic heterocycles. The predicted molar refractivity (Wildman–Crippen MR) is 82.6 cm³/mol. The summed E-state index contributed by atoms with van der Waals surface area (Å²) in [7, 11) is 0. The zero-order valence-corrected chi connectivity index (χ0v) is 13.5. The molecule has 0 radical (unpaired) electrons. The molecule has 0 fully saturated rings. The second kappa shape index (κ2) is 6.69. The third kappa shape index (κ3) is 4.38. The molecule has 2 nitrogen and oxygen atoms in total. The lowest BCUT2D eigenvalue weighted by Gasteiger charge is -2.35. The summed E-state index contributed by atoms with van der Waals surface area (Å²) in [5.41, 5.74) is 7.35. The summed E-state index contributed by atoms with van der Waals surface area (Å²) in [6, 6.07) is 8.96. The maximum absolute atomic E-state index is 5.84. The highest BCUT2D eigenvalue weighted by molar-refractivity contribution is 9.10. The molecule has 0 aliphatic carbocycles. The van der Waals surface area contributed by atoms with E-state index in [1.165, 1.54) is 5.56 Å². The van der Waals surface area contributed by atoms with E-state index in [1.807, 2.05) is 0 Å². The average Bonchev–Trinajstić information content (AvgIpc) is 2.35. The van der Waals surface area contributed by atoms with Gasteiger partial charge in [0, 0.05) is 17.1 Å². The molecule has 0 aliphatic heterocycles. The Kier molecular flexibility index (Phi) is 5.83. The Bertz CT molecular complexity index is 377. The van der Waals surface area contributed by atoms with Gasteiger partial charge in [0.2, 0.25) is 0 Å². The van der Waals surface area contributed by atoms with Gasteiger partial charge in [0.1, 0.15) is 0 Å². The highest BCUT2D eigenvalue weighted by atomic mass is 79.9. The molecule has 1 unspecified atom stereocenters. The Morgan fingerprint density at radius 1 is 1.39 bits per heavy atom. The second-order valence-corrected chi connectivity index (χ2v) is 6.58. The predicted octanol–water partition coefficient (Wildman–Crippen LogP) is 3.82. The fraction of sp³-hybridized carbons (Fsp3) is 0.600. The van der Waals surface area contributed by atoms with E-state index in [0.717, 1.165) is 17.6 Å². The molecule has 3 heteroatoms. The molecule has 0 heterocycles. The molecule has 1 aromatic rings. The minimum Gasteiger partial charge on any atom is -0.330 e. The van der Waals surface area contributed by atoms with Crippen molar-refractivity contribution >= 4 is 15.9 Å². The number of benzene rings is 1. The first kappa shape index (κ1) is 15.7. The van der Waals surface area contributed by atoms with Crippen LogP contribution in [0.5, 0.6) is 0 Å². The van der Waals surface area contributed by atoms with E-state index >= 15 is 0 Å². The SMILES string of the molecule is CCN(CC(C)(C)CN)C(C)c1cccc(Br)c1. The van der Waals surface area contributed by atoms with Crippen LogP contribution in [0.1, 0.15) is 39.3 Å². The molecule has 2 N–H and O–H groups in total. The molecule has 1 rings (SSSR count). The summed E-state index contributed by atoms with van der Waals surface area (Å²) in [5.74, 6) is 0. The normalized spacial score (nSPS) is 13.9. The van der Waals surface area contributed by atoms with Crippen LogP contribution in [0.2, 0.25) is 0 Å². The van der Waals surface area contributed by atoms with Crippen LogP contribution >= 0.6 is 15.9 Å². The summed E-state index contributed by atoms with van der Waals surface area (Å²) in [6.45, 7) is 11.7. The van der Waals surface area contributed by atoms with Gasteiger partial charge in [0.05, 0.1) is 0 Å². The summed E-state index contributed by atoms with van der Waals surface area (Å²) >= 11 is 3.54. The Morgan fingerprint density at radius 2 is 2.06 bits per heavy atom. The molecule has 1 atom stereocenters. The standard InChI is InChI=1S/C15H25BrN2/c1-5-18(11-15(3,4)10-17)12(2)13-7-6-8-14(16)9-13/h6-9,12H,5,10-11,17H2,1-4H3. The van der Waals surface area contributed by atoms with E-state index in [2.05, 4.69) is 72.8 Å². The highest BCUT2D eigenvalue weighted by Crippen LogP contribution is 2.26. The van der Waals surface area contributed by atoms with Crippen LogP contribution in [-0.4, -0.2) is 24.5 Å². The molecule has 0 saturated carbocycles. The Hall–Kier alpha value is -0.380. The van der Waals surface area contributed by atoms with Gasteiger partial charge in [-0.05, 0) is 43.1 Å². The van der Waals surface area contributed by atoms with Crippen molar-refractivity contribution in [3.63, 3.8) is 0 Å². The van der Waals surface area contributed by atoms with Gasteiger partial charge in [0.15, 0.2) is 0 Å². The van der Waals surface area contributed by atoms with Gasteiger partial charge in [-0.15, -0.1) is 0 Å². The van der Waals surface area contributed by atoms with E-state index in [4.69, 9.17) is 5.73 Å². The third-order valence-electron chi connectivity index (χ3n) is 3.47. The highest BCUT2D eigenvalue weighted by Gasteiger charge is 2.23. The molecule has 1 aromatic carbocycles. The van der Waals surface area contributed by atoms with Gasteiger partial charge >= 0.3 is 0 Å². The van der Waals surface area contributed by atoms with Gasteiger partial charge < -0.3 is 5.73 Å². The maximum atomic E-state index is 5.84. The third-order valence-corrected chi connectivity index (χ3v) is 3.96. The molecule has 0 amide bonds. The first-order valence-corrected chi connectivity index (χ1v) is 7.38. The maximum Gasteiger partial charge on any atom is 0.0320 e. The van der Waals surface area contributed by atoms with Crippen molar-refractivity contribution in [1.29, 1.82) is 0 Å². The first-order valence-electron chi connectivity index (χ1n) is 6.59.